The van der Waals surface area contributed by atoms with Gasteiger partial charge in [-0.15, -0.1) is 0 Å². The van der Waals surface area contributed by atoms with Gasteiger partial charge in [-0.05, 0) is 45.4 Å². The minimum absolute atomic E-state index is 0.108. The Kier molecular flexibility index (Phi) is 6.21. The van der Waals surface area contributed by atoms with Gasteiger partial charge in [-0.2, -0.15) is 0 Å². The SMILES string of the molecule is CCN(CC(O)c1cnccc1-c1ccccc1N)C(=O)OC(C)(C)C. The molecule has 1 heterocycles. The van der Waals surface area contributed by atoms with Gasteiger partial charge >= 0.3 is 6.09 Å². The highest BCUT2D eigenvalue weighted by atomic mass is 16.6. The topological polar surface area (TPSA) is 88.7 Å². The lowest BCUT2D eigenvalue weighted by molar-refractivity contribution is 0.0157. The van der Waals surface area contributed by atoms with Crippen molar-refractivity contribution >= 4 is 11.8 Å². The summed E-state index contributed by atoms with van der Waals surface area (Å²) in [6, 6.07) is 9.27. The lowest BCUT2D eigenvalue weighted by Crippen LogP contribution is -2.39. The van der Waals surface area contributed by atoms with Gasteiger partial charge in [-0.25, -0.2) is 4.79 Å². The van der Waals surface area contributed by atoms with Gasteiger partial charge in [0, 0.05) is 35.8 Å². The van der Waals surface area contributed by atoms with E-state index in [2.05, 4.69) is 4.98 Å². The molecule has 2 aromatic rings. The lowest BCUT2D eigenvalue weighted by atomic mass is 9.97. The fourth-order valence-corrected chi connectivity index (χ4v) is 2.63. The van der Waals surface area contributed by atoms with E-state index in [4.69, 9.17) is 10.5 Å². The molecule has 1 atom stereocenters. The number of amides is 1. The number of benzene rings is 1. The van der Waals surface area contributed by atoms with E-state index in [1.807, 2.05) is 58.0 Å². The van der Waals surface area contributed by atoms with Crippen LogP contribution in [0.3, 0.4) is 0 Å². The van der Waals surface area contributed by atoms with E-state index in [-0.39, 0.29) is 6.54 Å². The first-order valence-electron chi connectivity index (χ1n) is 8.67. The molecule has 0 aliphatic rings. The molecule has 0 saturated carbocycles. The first kappa shape index (κ1) is 19.7. The Morgan fingerprint density at radius 2 is 1.96 bits per heavy atom. The van der Waals surface area contributed by atoms with Gasteiger partial charge in [0.25, 0.3) is 0 Å². The molecule has 2 rings (SSSR count). The number of aliphatic hydroxyl groups is 1. The van der Waals surface area contributed by atoms with Crippen LogP contribution < -0.4 is 5.73 Å². The number of pyridine rings is 1. The van der Waals surface area contributed by atoms with Crippen LogP contribution in [0.2, 0.25) is 0 Å². The molecule has 0 spiro atoms. The van der Waals surface area contributed by atoms with Crippen molar-refractivity contribution in [1.82, 2.24) is 9.88 Å². The Morgan fingerprint density at radius 3 is 2.58 bits per heavy atom. The standard InChI is InChI=1S/C20H27N3O3/c1-5-23(19(25)26-20(2,3)4)13-18(24)16-12-22-11-10-14(16)15-8-6-7-9-17(15)21/h6-12,18,24H,5,13,21H2,1-4H3. The molecule has 0 aliphatic carbocycles. The van der Waals surface area contributed by atoms with Crippen LogP contribution in [0.25, 0.3) is 11.1 Å². The molecule has 1 aromatic heterocycles. The highest BCUT2D eigenvalue weighted by Crippen LogP contribution is 2.31. The minimum Gasteiger partial charge on any atom is -0.444 e. The molecule has 26 heavy (non-hydrogen) atoms. The predicted molar refractivity (Wildman–Crippen MR) is 103 cm³/mol. The van der Waals surface area contributed by atoms with Crippen molar-refractivity contribution in [3.63, 3.8) is 0 Å². The molecule has 1 unspecified atom stereocenters. The number of carbonyl (C=O) groups is 1. The molecule has 0 aliphatic heterocycles. The van der Waals surface area contributed by atoms with Crippen LogP contribution in [0, 0.1) is 0 Å². The summed E-state index contributed by atoms with van der Waals surface area (Å²) in [6.45, 7) is 7.81. The Morgan fingerprint density at radius 1 is 1.27 bits per heavy atom. The van der Waals surface area contributed by atoms with E-state index < -0.39 is 17.8 Å². The second-order valence-electron chi connectivity index (χ2n) is 7.08. The molecule has 1 aromatic carbocycles. The molecule has 140 valence electrons. The fourth-order valence-electron chi connectivity index (χ4n) is 2.63. The van der Waals surface area contributed by atoms with Crippen molar-refractivity contribution < 1.29 is 14.6 Å². The average Bonchev–Trinajstić information content (AvgIpc) is 2.58. The van der Waals surface area contributed by atoms with Crippen LogP contribution in [0.1, 0.15) is 39.4 Å². The summed E-state index contributed by atoms with van der Waals surface area (Å²) in [6.07, 6.45) is 1.90. The highest BCUT2D eigenvalue weighted by Gasteiger charge is 2.25. The predicted octanol–water partition coefficient (Wildman–Crippen LogP) is 3.62. The number of nitrogens with zero attached hydrogens (tertiary/aromatic N) is 2. The number of rotatable bonds is 5. The normalized spacial score (nSPS) is 12.5. The number of hydrogen-bond acceptors (Lipinski definition) is 5. The van der Waals surface area contributed by atoms with Crippen molar-refractivity contribution in [3.8, 4) is 11.1 Å². The minimum atomic E-state index is -0.911. The summed E-state index contributed by atoms with van der Waals surface area (Å²) in [5.74, 6) is 0. The number of aliphatic hydroxyl groups excluding tert-OH is 1. The van der Waals surface area contributed by atoms with Crippen molar-refractivity contribution in [1.29, 1.82) is 0 Å². The lowest BCUT2D eigenvalue weighted by Gasteiger charge is -2.28. The smallest absolute Gasteiger partial charge is 0.410 e. The van der Waals surface area contributed by atoms with E-state index >= 15 is 0 Å². The molecular formula is C20H27N3O3. The zero-order valence-corrected chi connectivity index (χ0v) is 15.8. The monoisotopic (exact) mass is 357 g/mol. The van der Waals surface area contributed by atoms with Crippen molar-refractivity contribution in [2.75, 3.05) is 18.8 Å². The summed E-state index contributed by atoms with van der Waals surface area (Å²) in [7, 11) is 0. The van der Waals surface area contributed by atoms with E-state index in [1.54, 1.807) is 12.4 Å². The largest absolute Gasteiger partial charge is 0.444 e. The van der Waals surface area contributed by atoms with Gasteiger partial charge in [0.05, 0.1) is 12.6 Å². The third-order valence-electron chi connectivity index (χ3n) is 3.89. The number of ether oxygens (including phenoxy) is 1. The van der Waals surface area contributed by atoms with Crippen LogP contribution in [-0.2, 0) is 4.74 Å². The molecular weight excluding hydrogens is 330 g/mol. The second-order valence-corrected chi connectivity index (χ2v) is 7.08. The first-order valence-corrected chi connectivity index (χ1v) is 8.67. The second kappa shape index (κ2) is 8.19. The van der Waals surface area contributed by atoms with Crippen LogP contribution in [0.4, 0.5) is 10.5 Å². The summed E-state index contributed by atoms with van der Waals surface area (Å²) >= 11 is 0. The van der Waals surface area contributed by atoms with Crippen molar-refractivity contribution in [2.24, 2.45) is 0 Å². The van der Waals surface area contributed by atoms with E-state index in [0.29, 0.717) is 17.8 Å². The maximum Gasteiger partial charge on any atom is 0.410 e. The number of anilines is 1. The highest BCUT2D eigenvalue weighted by molar-refractivity contribution is 5.78. The van der Waals surface area contributed by atoms with Crippen molar-refractivity contribution in [2.45, 2.75) is 39.4 Å². The summed E-state index contributed by atoms with van der Waals surface area (Å²) in [5.41, 5.74) is 8.35. The molecule has 0 fully saturated rings. The number of nitrogen functional groups attached to an aromatic ring is 1. The molecule has 6 nitrogen and oxygen atoms in total. The van der Waals surface area contributed by atoms with Crippen molar-refractivity contribution in [3.05, 3.63) is 48.3 Å². The van der Waals surface area contributed by atoms with Gasteiger partial charge in [-0.3, -0.25) is 4.98 Å². The van der Waals surface area contributed by atoms with Crippen LogP contribution in [0.15, 0.2) is 42.7 Å². The van der Waals surface area contributed by atoms with E-state index in [1.165, 1.54) is 4.90 Å². The number of hydrogen-bond donors (Lipinski definition) is 2. The Bertz CT molecular complexity index is 756. The maximum absolute atomic E-state index is 12.3. The number of likely N-dealkylation sites (N-methyl/N-ethyl adjacent to an activating group) is 1. The zero-order chi connectivity index (χ0) is 19.3. The summed E-state index contributed by atoms with van der Waals surface area (Å²) < 4.78 is 5.40. The fraction of sp³-hybridized carbons (Fsp3) is 0.400. The van der Waals surface area contributed by atoms with Gasteiger partial charge in [-0.1, -0.05) is 18.2 Å². The van der Waals surface area contributed by atoms with E-state index in [0.717, 1.165) is 11.1 Å². The number of aromatic nitrogens is 1. The molecule has 3 N–H and O–H groups in total. The van der Waals surface area contributed by atoms with Gasteiger partial charge in [0.2, 0.25) is 0 Å². The molecule has 1 amide bonds. The number of carbonyl (C=O) groups excluding carboxylic acids is 1. The molecule has 0 radical (unpaired) electrons. The maximum atomic E-state index is 12.3. The average molecular weight is 357 g/mol. The Labute approximate surface area is 154 Å². The summed E-state index contributed by atoms with van der Waals surface area (Å²) in [4.78, 5) is 17.9. The van der Waals surface area contributed by atoms with Crippen LogP contribution >= 0.6 is 0 Å². The first-order chi connectivity index (χ1) is 12.2. The molecule has 0 saturated heterocycles. The third kappa shape index (κ3) is 4.95. The molecule has 6 heteroatoms. The van der Waals surface area contributed by atoms with E-state index in [9.17, 15) is 9.90 Å². The number of nitrogens with two attached hydrogens (primary N) is 1. The van der Waals surface area contributed by atoms with Gasteiger partial charge in [0.1, 0.15) is 5.60 Å². The van der Waals surface area contributed by atoms with Crippen LogP contribution in [-0.4, -0.2) is 39.8 Å². The Balaban J connectivity index is 2.26. The van der Waals surface area contributed by atoms with Crippen LogP contribution in [0.5, 0.6) is 0 Å². The van der Waals surface area contributed by atoms with Gasteiger partial charge in [0.15, 0.2) is 0 Å². The Hall–Kier alpha value is -2.60. The zero-order valence-electron chi connectivity index (χ0n) is 15.8. The van der Waals surface area contributed by atoms with Gasteiger partial charge < -0.3 is 20.5 Å². The number of para-hydroxylation sites is 1. The summed E-state index contributed by atoms with van der Waals surface area (Å²) in [5, 5.41) is 10.8. The quantitative estimate of drug-likeness (QED) is 0.798. The molecule has 0 bridgehead atoms. The third-order valence-corrected chi connectivity index (χ3v) is 3.89.